The number of aliphatic hydroxyl groups excluding tert-OH is 2. The number of morpholine rings is 1. The number of nitrogens with zero attached hydrogens (tertiary/aromatic N) is 1. The van der Waals surface area contributed by atoms with Gasteiger partial charge in [0.15, 0.2) is 0 Å². The van der Waals surface area contributed by atoms with E-state index in [1.165, 1.54) is 0 Å². The van der Waals surface area contributed by atoms with Gasteiger partial charge in [0, 0.05) is 37.3 Å². The third-order valence-electron chi connectivity index (χ3n) is 5.57. The number of hydrogen-bond donors (Lipinski definition) is 3. The van der Waals surface area contributed by atoms with Crippen LogP contribution in [-0.4, -0.2) is 92.0 Å². The number of nitrogens with one attached hydrogen (secondary N) is 1. The summed E-state index contributed by atoms with van der Waals surface area (Å²) in [6.45, 7) is 10.1. The van der Waals surface area contributed by atoms with Crippen LogP contribution in [0.1, 0.15) is 40.0 Å². The molecule has 0 aliphatic carbocycles. The van der Waals surface area contributed by atoms with Crippen LogP contribution in [0.3, 0.4) is 0 Å². The SMILES string of the molecule is CC(C)(C)[S@@](=O)N[C@@H]1C/C=C\C[C@H](CN2CCOCC2)SC2O[C@H]1CC(O)[C@H]2O. The lowest BCUT2D eigenvalue weighted by molar-refractivity contribution is -0.142. The van der Waals surface area contributed by atoms with Crippen LogP contribution in [-0.2, 0) is 20.5 Å². The second-order valence-corrected chi connectivity index (χ2v) is 12.5. The number of rotatable bonds is 4. The molecular weight excluding hydrogens is 412 g/mol. The molecule has 3 rings (SSSR count). The lowest BCUT2D eigenvalue weighted by Gasteiger charge is -2.42. The van der Waals surface area contributed by atoms with Gasteiger partial charge >= 0.3 is 0 Å². The van der Waals surface area contributed by atoms with Crippen molar-refractivity contribution in [2.24, 2.45) is 0 Å². The smallest absolute Gasteiger partial charge is 0.132 e. The zero-order chi connectivity index (χ0) is 21.0. The van der Waals surface area contributed by atoms with Crippen molar-refractivity contribution in [2.75, 3.05) is 32.8 Å². The Bertz CT molecular complexity index is 580. The predicted octanol–water partition coefficient (Wildman–Crippen LogP) is 1.03. The Labute approximate surface area is 181 Å². The first kappa shape index (κ1) is 23.7. The largest absolute Gasteiger partial charge is 0.390 e. The summed E-state index contributed by atoms with van der Waals surface area (Å²) < 4.78 is 27.2. The molecule has 0 aromatic carbocycles. The summed E-state index contributed by atoms with van der Waals surface area (Å²) in [5.41, 5.74) is -0.492. The van der Waals surface area contributed by atoms with E-state index in [1.54, 1.807) is 11.8 Å². The predicted molar refractivity (Wildman–Crippen MR) is 117 cm³/mol. The summed E-state index contributed by atoms with van der Waals surface area (Å²) in [6.07, 6.45) is 4.14. The fourth-order valence-electron chi connectivity index (χ4n) is 3.75. The van der Waals surface area contributed by atoms with Crippen LogP contribution >= 0.6 is 11.8 Å². The number of ether oxygens (including phenoxy) is 2. The van der Waals surface area contributed by atoms with Crippen LogP contribution in [0.2, 0.25) is 0 Å². The van der Waals surface area contributed by atoms with Gasteiger partial charge in [0.25, 0.3) is 0 Å². The molecule has 29 heavy (non-hydrogen) atoms. The van der Waals surface area contributed by atoms with Gasteiger partial charge in [-0.2, -0.15) is 0 Å². The van der Waals surface area contributed by atoms with Crippen molar-refractivity contribution in [1.29, 1.82) is 0 Å². The molecule has 0 saturated carbocycles. The summed E-state index contributed by atoms with van der Waals surface area (Å²) >= 11 is 1.61. The molecule has 3 aliphatic heterocycles. The Hall–Kier alpha value is -0.0000000000000000971. The Kier molecular flexibility index (Phi) is 8.60. The molecule has 2 fully saturated rings. The standard InChI is InChI=1S/C20H36N2O5S2/c1-20(2,3)29(25)21-15-7-5-4-6-14(13-22-8-10-26-11-9-22)28-19-18(24)16(23)12-17(15)27-19/h4-5,14-19,21,23-24H,6-13H2,1-3H3/b5-4-/t14-,15-,16?,17+,18-,19?,29-/m1/s1. The number of fused-ring (bicyclic) bond motifs is 2. The average Bonchev–Trinajstić information content (AvgIpc) is 2.67. The quantitative estimate of drug-likeness (QED) is 0.553. The van der Waals surface area contributed by atoms with Gasteiger partial charge < -0.3 is 19.7 Å². The van der Waals surface area contributed by atoms with Crippen LogP contribution in [0, 0.1) is 0 Å². The maximum atomic E-state index is 12.7. The van der Waals surface area contributed by atoms with Gasteiger partial charge in [-0.3, -0.25) is 4.90 Å². The van der Waals surface area contributed by atoms with Crippen molar-refractivity contribution in [3.8, 4) is 0 Å². The minimum atomic E-state index is -1.23. The molecule has 0 aromatic rings. The van der Waals surface area contributed by atoms with Gasteiger partial charge in [0.2, 0.25) is 0 Å². The van der Waals surface area contributed by atoms with E-state index in [0.29, 0.717) is 12.8 Å². The first-order chi connectivity index (χ1) is 13.7. The maximum Gasteiger partial charge on any atom is 0.132 e. The van der Waals surface area contributed by atoms with Crippen molar-refractivity contribution < 1.29 is 23.9 Å². The Morgan fingerprint density at radius 2 is 1.90 bits per heavy atom. The maximum absolute atomic E-state index is 12.7. The number of thioether (sulfide) groups is 1. The lowest BCUT2D eigenvalue weighted by atomic mass is 9.96. The molecule has 2 unspecified atom stereocenters. The van der Waals surface area contributed by atoms with Crippen LogP contribution in [0.15, 0.2) is 12.2 Å². The van der Waals surface area contributed by atoms with Crippen LogP contribution in [0.5, 0.6) is 0 Å². The fraction of sp³-hybridized carbons (Fsp3) is 0.900. The molecule has 0 spiro atoms. The second-order valence-electron chi connectivity index (χ2n) is 9.06. The topological polar surface area (TPSA) is 91.3 Å². The monoisotopic (exact) mass is 448 g/mol. The molecular formula is C20H36N2O5S2. The molecule has 0 aromatic heterocycles. The van der Waals surface area contributed by atoms with Gasteiger partial charge in [0.05, 0.1) is 41.2 Å². The minimum absolute atomic E-state index is 0.174. The van der Waals surface area contributed by atoms with E-state index in [9.17, 15) is 14.4 Å². The molecule has 0 radical (unpaired) electrons. The Balaban J connectivity index is 1.72. The van der Waals surface area contributed by atoms with Gasteiger partial charge in [-0.15, -0.1) is 11.8 Å². The third-order valence-corrected chi connectivity index (χ3v) is 8.58. The average molecular weight is 449 g/mol. The van der Waals surface area contributed by atoms with E-state index in [2.05, 4.69) is 21.8 Å². The van der Waals surface area contributed by atoms with E-state index in [0.717, 1.165) is 39.3 Å². The zero-order valence-electron chi connectivity index (χ0n) is 17.7. The highest BCUT2D eigenvalue weighted by molar-refractivity contribution is 8.00. The molecule has 7 nitrogen and oxygen atoms in total. The van der Waals surface area contributed by atoms with Crippen molar-refractivity contribution in [2.45, 2.75) is 79.8 Å². The van der Waals surface area contributed by atoms with E-state index < -0.39 is 28.6 Å². The minimum Gasteiger partial charge on any atom is -0.390 e. The van der Waals surface area contributed by atoms with Gasteiger partial charge in [0.1, 0.15) is 11.5 Å². The van der Waals surface area contributed by atoms with Crippen LogP contribution in [0.25, 0.3) is 0 Å². The van der Waals surface area contributed by atoms with E-state index in [-0.39, 0.29) is 22.1 Å². The van der Waals surface area contributed by atoms with Crippen molar-refractivity contribution >= 4 is 22.7 Å². The third kappa shape index (κ3) is 6.74. The number of aliphatic hydroxyl groups is 2. The lowest BCUT2D eigenvalue weighted by Crippen LogP contribution is -2.55. The Morgan fingerprint density at radius 3 is 2.59 bits per heavy atom. The summed E-state index contributed by atoms with van der Waals surface area (Å²) in [7, 11) is -1.23. The molecule has 9 heteroatoms. The fourth-order valence-corrected chi connectivity index (χ4v) is 6.08. The molecule has 2 saturated heterocycles. The molecule has 2 bridgehead atoms. The molecule has 0 amide bonds. The molecule has 168 valence electrons. The second kappa shape index (κ2) is 10.5. The van der Waals surface area contributed by atoms with Crippen LogP contribution < -0.4 is 4.72 Å². The van der Waals surface area contributed by atoms with Crippen molar-refractivity contribution in [1.82, 2.24) is 9.62 Å². The summed E-state index contributed by atoms with van der Waals surface area (Å²) in [4.78, 5) is 2.39. The van der Waals surface area contributed by atoms with Crippen molar-refractivity contribution in [3.63, 3.8) is 0 Å². The molecule has 3 heterocycles. The highest BCUT2D eigenvalue weighted by Gasteiger charge is 2.42. The summed E-state index contributed by atoms with van der Waals surface area (Å²) in [5.74, 6) is 0. The Morgan fingerprint density at radius 1 is 1.21 bits per heavy atom. The first-order valence-corrected chi connectivity index (χ1v) is 12.6. The highest BCUT2D eigenvalue weighted by Crippen LogP contribution is 2.35. The molecule has 3 N–H and O–H groups in total. The van der Waals surface area contributed by atoms with Crippen molar-refractivity contribution in [3.05, 3.63) is 12.2 Å². The van der Waals surface area contributed by atoms with Gasteiger partial charge in [-0.25, -0.2) is 8.93 Å². The van der Waals surface area contributed by atoms with Crippen LogP contribution in [0.4, 0.5) is 0 Å². The first-order valence-electron chi connectivity index (χ1n) is 10.5. The van der Waals surface area contributed by atoms with E-state index in [1.807, 2.05) is 20.8 Å². The number of hydrogen-bond acceptors (Lipinski definition) is 7. The van der Waals surface area contributed by atoms with Gasteiger partial charge in [-0.1, -0.05) is 12.2 Å². The molecule has 3 aliphatic rings. The summed E-state index contributed by atoms with van der Waals surface area (Å²) in [5, 5.41) is 21.3. The van der Waals surface area contributed by atoms with E-state index in [4.69, 9.17) is 9.47 Å². The highest BCUT2D eigenvalue weighted by atomic mass is 32.2. The van der Waals surface area contributed by atoms with E-state index >= 15 is 0 Å². The van der Waals surface area contributed by atoms with Gasteiger partial charge in [-0.05, 0) is 33.6 Å². The summed E-state index contributed by atoms with van der Waals surface area (Å²) in [6, 6.07) is -0.174. The number of allylic oxidation sites excluding steroid dienone is 1. The normalized spacial score (nSPS) is 39.6. The molecule has 7 atom stereocenters. The zero-order valence-corrected chi connectivity index (χ0v) is 19.3.